The van der Waals surface area contributed by atoms with Crippen molar-refractivity contribution < 1.29 is 9.53 Å². The van der Waals surface area contributed by atoms with Crippen molar-refractivity contribution in [2.45, 2.75) is 11.3 Å². The standard InChI is InChI=1S/C9H8N2O2S2.K/c1-2-13-8(12)5-3-6-7(10-4-5)11-9(14)15-6;/h3-4H,2H2,1H3,(H,10,11,14);. The number of aromatic nitrogens is 2. The predicted molar refractivity (Wildman–Crippen MR) is 66.4 cm³/mol. The summed E-state index contributed by atoms with van der Waals surface area (Å²) in [6.45, 7) is 2.12. The zero-order valence-electron chi connectivity index (χ0n) is 8.93. The van der Waals surface area contributed by atoms with Gasteiger partial charge in [-0.2, -0.15) is 0 Å². The van der Waals surface area contributed by atoms with Gasteiger partial charge >= 0.3 is 5.97 Å². The second kappa shape index (κ2) is 6.43. The Morgan fingerprint density at radius 3 is 3.06 bits per heavy atom. The zero-order chi connectivity index (χ0) is 10.8. The molecule has 0 spiro atoms. The number of carbonyl (C=O) groups is 1. The zero-order valence-corrected chi connectivity index (χ0v) is 13.8. The number of thiazole rings is 1. The van der Waals surface area contributed by atoms with E-state index in [-0.39, 0.29) is 57.4 Å². The van der Waals surface area contributed by atoms with Crippen LogP contribution < -0.4 is 0 Å². The van der Waals surface area contributed by atoms with Crippen LogP contribution in [0.2, 0.25) is 0 Å². The van der Waals surface area contributed by atoms with Crippen molar-refractivity contribution >= 4 is 91.7 Å². The molecular formula is C9H8KN2O2S2. The van der Waals surface area contributed by atoms with Crippen molar-refractivity contribution in [1.82, 2.24) is 9.97 Å². The van der Waals surface area contributed by atoms with E-state index in [1.807, 2.05) is 0 Å². The van der Waals surface area contributed by atoms with Crippen LogP contribution in [0, 0.1) is 0 Å². The molecule has 0 saturated carbocycles. The van der Waals surface area contributed by atoms with E-state index in [2.05, 4.69) is 22.6 Å². The van der Waals surface area contributed by atoms with Gasteiger partial charge < -0.3 is 4.74 Å². The summed E-state index contributed by atoms with van der Waals surface area (Å²) in [5.74, 6) is -0.360. The van der Waals surface area contributed by atoms with Crippen LogP contribution in [0.1, 0.15) is 17.3 Å². The van der Waals surface area contributed by atoms with Gasteiger partial charge in [-0.1, -0.05) is 0 Å². The fourth-order valence-corrected chi connectivity index (χ4v) is 2.23. The van der Waals surface area contributed by atoms with E-state index in [0.29, 0.717) is 22.2 Å². The van der Waals surface area contributed by atoms with Crippen molar-refractivity contribution in [3.05, 3.63) is 17.8 Å². The Bertz CT molecular complexity index is 515. The van der Waals surface area contributed by atoms with Gasteiger partial charge in [-0.3, -0.25) is 0 Å². The number of carbonyl (C=O) groups excluding carboxylic acids is 1. The quantitative estimate of drug-likeness (QED) is 0.517. The third kappa shape index (κ3) is 3.25. The molecule has 0 saturated heterocycles. The molecule has 0 N–H and O–H groups in total. The van der Waals surface area contributed by atoms with Gasteiger partial charge in [0, 0.05) is 57.6 Å². The van der Waals surface area contributed by atoms with Gasteiger partial charge in [-0.05, 0) is 13.0 Å². The van der Waals surface area contributed by atoms with Crippen LogP contribution in [0.5, 0.6) is 0 Å². The molecule has 16 heavy (non-hydrogen) atoms. The van der Waals surface area contributed by atoms with Gasteiger partial charge in [0.05, 0.1) is 16.9 Å². The summed E-state index contributed by atoms with van der Waals surface area (Å²) >= 11 is 5.51. The normalized spacial score (nSPS) is 9.88. The van der Waals surface area contributed by atoms with Crippen LogP contribution in [0.4, 0.5) is 0 Å². The molecule has 4 nitrogen and oxygen atoms in total. The van der Waals surface area contributed by atoms with Gasteiger partial charge in [0.1, 0.15) is 4.34 Å². The summed E-state index contributed by atoms with van der Waals surface area (Å²) in [6.07, 6.45) is 1.47. The van der Waals surface area contributed by atoms with E-state index in [1.54, 1.807) is 13.0 Å². The molecule has 7 heteroatoms. The Labute approximate surface area is 145 Å². The van der Waals surface area contributed by atoms with Crippen molar-refractivity contribution in [3.8, 4) is 0 Å². The molecule has 79 valence electrons. The smallest absolute Gasteiger partial charge is 0.339 e. The Morgan fingerprint density at radius 1 is 1.62 bits per heavy atom. The molecule has 0 bridgehead atoms. The Hall–Kier alpha value is 0.496. The number of rotatable bonds is 2. The molecule has 0 aliphatic heterocycles. The summed E-state index contributed by atoms with van der Waals surface area (Å²) in [5, 5.41) is 0. The maximum Gasteiger partial charge on any atom is 0.339 e. The maximum atomic E-state index is 11.4. The molecule has 0 unspecified atom stereocenters. The molecule has 2 heterocycles. The molecule has 0 aliphatic carbocycles. The second-order valence-corrected chi connectivity index (χ2v) is 4.52. The minimum absolute atomic E-state index is 0. The SMILES string of the molecule is CCOC(=O)c1cnc2nc(S)sc2c1.[K]. The molecule has 0 aliphatic rings. The van der Waals surface area contributed by atoms with E-state index >= 15 is 0 Å². The first-order valence-corrected chi connectivity index (χ1v) is 5.59. The molecule has 2 aromatic heterocycles. The number of thiol groups is 1. The summed E-state index contributed by atoms with van der Waals surface area (Å²) in [6, 6.07) is 1.72. The topological polar surface area (TPSA) is 52.1 Å². The average Bonchev–Trinajstić information content (AvgIpc) is 2.57. The van der Waals surface area contributed by atoms with Crippen LogP contribution >= 0.6 is 24.0 Å². The minimum atomic E-state index is -0.360. The van der Waals surface area contributed by atoms with Crippen molar-refractivity contribution in [2.24, 2.45) is 0 Å². The molecule has 2 rings (SSSR count). The summed E-state index contributed by atoms with van der Waals surface area (Å²) in [4.78, 5) is 19.5. The van der Waals surface area contributed by atoms with Gasteiger partial charge in [-0.25, -0.2) is 14.8 Å². The van der Waals surface area contributed by atoms with Gasteiger partial charge in [0.15, 0.2) is 5.65 Å². The van der Waals surface area contributed by atoms with E-state index in [9.17, 15) is 4.79 Å². The Balaban J connectivity index is 0.00000128. The minimum Gasteiger partial charge on any atom is -0.462 e. The summed E-state index contributed by atoms with van der Waals surface area (Å²) in [5.41, 5.74) is 1.05. The molecule has 0 aromatic carbocycles. The number of fused-ring (bicyclic) bond motifs is 1. The Kier molecular flexibility index (Phi) is 5.85. The monoisotopic (exact) mass is 279 g/mol. The van der Waals surface area contributed by atoms with Crippen LogP contribution in [0.3, 0.4) is 0 Å². The van der Waals surface area contributed by atoms with Gasteiger partial charge in [-0.15, -0.1) is 24.0 Å². The number of esters is 1. The fraction of sp³-hybridized carbons (Fsp3) is 0.222. The average molecular weight is 279 g/mol. The first-order chi connectivity index (χ1) is 7.20. The van der Waals surface area contributed by atoms with Crippen LogP contribution in [-0.2, 0) is 4.74 Å². The molecule has 0 amide bonds. The van der Waals surface area contributed by atoms with Crippen LogP contribution in [0.25, 0.3) is 10.3 Å². The number of hydrogen-bond acceptors (Lipinski definition) is 6. The number of pyridine rings is 1. The predicted octanol–water partition coefficient (Wildman–Crippen LogP) is 1.78. The maximum absolute atomic E-state index is 11.4. The molecule has 2 aromatic rings. The molecule has 1 radical (unpaired) electrons. The van der Waals surface area contributed by atoms with Gasteiger partial charge in [0.2, 0.25) is 0 Å². The molecular weight excluding hydrogens is 271 g/mol. The number of ether oxygens (including phenoxy) is 1. The Morgan fingerprint density at radius 2 is 2.38 bits per heavy atom. The van der Waals surface area contributed by atoms with Crippen molar-refractivity contribution in [1.29, 1.82) is 0 Å². The van der Waals surface area contributed by atoms with Gasteiger partial charge in [0.25, 0.3) is 0 Å². The second-order valence-electron chi connectivity index (χ2n) is 2.76. The van der Waals surface area contributed by atoms with E-state index in [4.69, 9.17) is 4.74 Å². The van der Waals surface area contributed by atoms with Crippen LogP contribution in [-0.4, -0.2) is 73.9 Å². The largest absolute Gasteiger partial charge is 0.462 e. The molecule has 0 atom stereocenters. The molecule has 0 fully saturated rings. The van der Waals surface area contributed by atoms with E-state index in [1.165, 1.54) is 17.5 Å². The van der Waals surface area contributed by atoms with E-state index < -0.39 is 0 Å². The van der Waals surface area contributed by atoms with Crippen molar-refractivity contribution in [3.63, 3.8) is 0 Å². The third-order valence-corrected chi connectivity index (χ3v) is 2.91. The van der Waals surface area contributed by atoms with Crippen LogP contribution in [0.15, 0.2) is 16.6 Å². The van der Waals surface area contributed by atoms with E-state index in [0.717, 1.165) is 4.70 Å². The number of hydrogen-bond donors (Lipinski definition) is 1. The van der Waals surface area contributed by atoms with Crippen molar-refractivity contribution in [2.75, 3.05) is 6.61 Å². The third-order valence-electron chi connectivity index (χ3n) is 1.75. The summed E-state index contributed by atoms with van der Waals surface area (Å²) in [7, 11) is 0. The summed E-state index contributed by atoms with van der Waals surface area (Å²) < 4.78 is 6.35. The first-order valence-electron chi connectivity index (χ1n) is 4.33. The fourth-order valence-electron chi connectivity index (χ4n) is 1.13. The first kappa shape index (κ1) is 14.6. The number of nitrogens with zero attached hydrogens (tertiary/aromatic N) is 2.